The molecule has 0 fully saturated rings. The molecule has 0 aliphatic carbocycles. The van der Waals surface area contributed by atoms with Crippen LogP contribution in [0.5, 0.6) is 0 Å². The van der Waals surface area contributed by atoms with Gasteiger partial charge in [-0.25, -0.2) is 9.18 Å². The highest BCUT2D eigenvalue weighted by Gasteiger charge is 2.34. The number of hydrogen-bond acceptors (Lipinski definition) is 5. The van der Waals surface area contributed by atoms with Crippen molar-refractivity contribution in [1.29, 1.82) is 0 Å². The lowest BCUT2D eigenvalue weighted by atomic mass is 10.1. The maximum absolute atomic E-state index is 14.0. The van der Waals surface area contributed by atoms with Gasteiger partial charge in [0.1, 0.15) is 10.6 Å². The summed E-state index contributed by atoms with van der Waals surface area (Å²) in [5, 5.41) is 3.46. The average molecular weight is 513 g/mol. The molecule has 0 bridgehead atoms. The van der Waals surface area contributed by atoms with E-state index in [1.54, 1.807) is 17.8 Å². The largest absolute Gasteiger partial charge is 0.419 e. The van der Waals surface area contributed by atoms with E-state index in [0.29, 0.717) is 22.2 Å². The molecule has 0 radical (unpaired) electrons. The number of rotatable bonds is 3. The number of aryl methyl sites for hydroxylation is 1. The van der Waals surface area contributed by atoms with Gasteiger partial charge in [0.15, 0.2) is 4.80 Å². The number of aromatic nitrogens is 3. The molecule has 3 heterocycles. The maximum atomic E-state index is 14.0. The Morgan fingerprint density at radius 1 is 1.03 bits per heavy atom. The summed E-state index contributed by atoms with van der Waals surface area (Å²) in [4.78, 5) is 42.1. The Morgan fingerprint density at radius 3 is 2.38 bits per heavy atom. The van der Waals surface area contributed by atoms with Crippen LogP contribution >= 0.6 is 22.7 Å². The zero-order valence-electron chi connectivity index (χ0n) is 17.9. The third kappa shape index (κ3) is 4.05. The van der Waals surface area contributed by atoms with E-state index in [4.69, 9.17) is 0 Å². The van der Waals surface area contributed by atoms with Gasteiger partial charge in [0.25, 0.3) is 11.5 Å². The van der Waals surface area contributed by atoms with Gasteiger partial charge in [0, 0.05) is 32.1 Å². The number of amides is 1. The Balaban J connectivity index is 1.67. The number of carbonyl (C=O) groups is 1. The lowest BCUT2D eigenvalue weighted by Crippen LogP contribution is -2.36. The van der Waals surface area contributed by atoms with Gasteiger partial charge in [-0.2, -0.15) is 18.2 Å². The summed E-state index contributed by atoms with van der Waals surface area (Å²) >= 11 is 2.24. The number of hydrogen-bond donors (Lipinski definition) is 0. The van der Waals surface area contributed by atoms with E-state index in [0.717, 1.165) is 28.0 Å². The van der Waals surface area contributed by atoms with Crippen molar-refractivity contribution in [1.82, 2.24) is 13.7 Å². The second-order valence-electron chi connectivity index (χ2n) is 7.48. The minimum absolute atomic E-state index is 0.185. The van der Waals surface area contributed by atoms with Gasteiger partial charge < -0.3 is 4.57 Å². The first kappa shape index (κ1) is 23.8. The SMILES string of the molecule is Cn1c(-c2ccc(C(F)(F)F)c(F)c2)csc1=NC(=O)Cc1csc2c1c(=O)n(C)c(=O)n2C. The standard InChI is InChI=1S/C21H16F4N4O3S2/c1-27-14(10-4-5-12(13(22)6-10)21(23,24)25)9-34-19(27)26-15(30)7-11-8-33-18-16(11)17(31)28(2)20(32)29(18)3/h4-6,8-9H,7H2,1-3H3. The first-order chi connectivity index (χ1) is 15.9. The van der Waals surface area contributed by atoms with Crippen molar-refractivity contribution in [3.63, 3.8) is 0 Å². The summed E-state index contributed by atoms with van der Waals surface area (Å²) in [6, 6.07) is 2.60. The molecule has 4 rings (SSSR count). The number of thiazole rings is 1. The van der Waals surface area contributed by atoms with E-state index >= 15 is 0 Å². The third-order valence-corrected chi connectivity index (χ3v) is 7.32. The second-order valence-corrected chi connectivity index (χ2v) is 9.18. The molecule has 0 aliphatic rings. The molecule has 4 aromatic rings. The fourth-order valence-electron chi connectivity index (χ4n) is 3.50. The predicted molar refractivity (Wildman–Crippen MR) is 120 cm³/mol. The molecule has 0 unspecified atom stereocenters. The summed E-state index contributed by atoms with van der Waals surface area (Å²) < 4.78 is 56.2. The number of halogens is 4. The Labute approximate surface area is 196 Å². The van der Waals surface area contributed by atoms with Crippen molar-refractivity contribution in [2.24, 2.45) is 26.1 Å². The smallest absolute Gasteiger partial charge is 0.319 e. The first-order valence-corrected chi connectivity index (χ1v) is 11.4. The molecule has 7 nitrogen and oxygen atoms in total. The van der Waals surface area contributed by atoms with Crippen molar-refractivity contribution in [3.05, 3.63) is 71.5 Å². The molecule has 0 N–H and O–H groups in total. The number of carbonyl (C=O) groups excluding carboxylic acids is 1. The quantitative estimate of drug-likeness (QED) is 0.396. The average Bonchev–Trinajstić information content (AvgIpc) is 3.33. The fourth-order valence-corrected chi connectivity index (χ4v) is 5.45. The van der Waals surface area contributed by atoms with Crippen molar-refractivity contribution < 1.29 is 22.4 Å². The Hall–Kier alpha value is -3.32. The van der Waals surface area contributed by atoms with Crippen LogP contribution in [0, 0.1) is 5.82 Å². The van der Waals surface area contributed by atoms with Gasteiger partial charge in [-0.1, -0.05) is 6.07 Å². The molecule has 1 amide bonds. The van der Waals surface area contributed by atoms with Crippen molar-refractivity contribution in [3.8, 4) is 11.3 Å². The van der Waals surface area contributed by atoms with Gasteiger partial charge in [0.2, 0.25) is 0 Å². The lowest BCUT2D eigenvalue weighted by Gasteiger charge is -2.09. The number of alkyl halides is 3. The van der Waals surface area contributed by atoms with E-state index in [2.05, 4.69) is 4.99 Å². The van der Waals surface area contributed by atoms with E-state index in [9.17, 15) is 31.9 Å². The van der Waals surface area contributed by atoms with Crippen molar-refractivity contribution in [2.45, 2.75) is 12.6 Å². The van der Waals surface area contributed by atoms with Crippen LogP contribution in [0.25, 0.3) is 21.5 Å². The molecule has 0 spiro atoms. The highest BCUT2D eigenvalue weighted by atomic mass is 32.1. The molecule has 0 saturated heterocycles. The van der Waals surface area contributed by atoms with Gasteiger partial charge in [-0.05, 0) is 23.1 Å². The molecule has 0 atom stereocenters. The second kappa shape index (κ2) is 8.47. The summed E-state index contributed by atoms with van der Waals surface area (Å²) in [6.45, 7) is 0. The topological polar surface area (TPSA) is 78.4 Å². The predicted octanol–water partition coefficient (Wildman–Crippen LogP) is 3.19. The van der Waals surface area contributed by atoms with Crippen LogP contribution in [-0.2, 0) is 38.5 Å². The highest BCUT2D eigenvalue weighted by Crippen LogP contribution is 2.33. The monoisotopic (exact) mass is 512 g/mol. The highest BCUT2D eigenvalue weighted by molar-refractivity contribution is 7.17. The van der Waals surface area contributed by atoms with E-state index in [-0.39, 0.29) is 22.2 Å². The van der Waals surface area contributed by atoms with Gasteiger partial charge in [-0.3, -0.25) is 18.7 Å². The Bertz CT molecular complexity index is 1640. The summed E-state index contributed by atoms with van der Waals surface area (Å²) in [5.41, 5.74) is -1.31. The van der Waals surface area contributed by atoms with Crippen LogP contribution in [0.15, 0.2) is 43.5 Å². The van der Waals surface area contributed by atoms with Crippen molar-refractivity contribution >= 4 is 38.8 Å². The minimum atomic E-state index is -4.80. The van der Waals surface area contributed by atoms with Crippen LogP contribution in [-0.4, -0.2) is 19.6 Å². The molecular formula is C21H16F4N4O3S2. The van der Waals surface area contributed by atoms with Crippen LogP contribution in [0.4, 0.5) is 17.6 Å². The van der Waals surface area contributed by atoms with Crippen LogP contribution in [0.3, 0.4) is 0 Å². The van der Waals surface area contributed by atoms with Crippen LogP contribution < -0.4 is 16.1 Å². The molecule has 1 aromatic carbocycles. The fraction of sp³-hybridized carbons (Fsp3) is 0.238. The number of benzene rings is 1. The van der Waals surface area contributed by atoms with Gasteiger partial charge in [-0.15, -0.1) is 22.7 Å². The molecular weight excluding hydrogens is 496 g/mol. The lowest BCUT2D eigenvalue weighted by molar-refractivity contribution is -0.140. The molecule has 34 heavy (non-hydrogen) atoms. The molecule has 0 aliphatic heterocycles. The van der Waals surface area contributed by atoms with Crippen molar-refractivity contribution in [2.75, 3.05) is 0 Å². The molecule has 13 heteroatoms. The number of nitrogens with zero attached hydrogens (tertiary/aromatic N) is 4. The third-order valence-electron chi connectivity index (χ3n) is 5.30. The zero-order chi connectivity index (χ0) is 24.9. The van der Waals surface area contributed by atoms with Crippen LogP contribution in [0.1, 0.15) is 11.1 Å². The normalized spacial score (nSPS) is 12.6. The Kier molecular flexibility index (Phi) is 5.94. The van der Waals surface area contributed by atoms with E-state index < -0.39 is 34.7 Å². The van der Waals surface area contributed by atoms with E-state index in [1.807, 2.05) is 0 Å². The van der Waals surface area contributed by atoms with Gasteiger partial charge >= 0.3 is 11.9 Å². The first-order valence-electron chi connectivity index (χ1n) is 9.65. The number of fused-ring (bicyclic) bond motifs is 1. The molecule has 3 aromatic heterocycles. The molecule has 0 saturated carbocycles. The maximum Gasteiger partial charge on any atom is 0.419 e. The van der Waals surface area contributed by atoms with E-state index in [1.165, 1.54) is 34.6 Å². The summed E-state index contributed by atoms with van der Waals surface area (Å²) in [7, 11) is 4.45. The summed E-state index contributed by atoms with van der Waals surface area (Å²) in [5.74, 6) is -1.95. The molecule has 178 valence electrons. The van der Waals surface area contributed by atoms with Gasteiger partial charge in [0.05, 0.1) is 23.1 Å². The Morgan fingerprint density at radius 2 is 1.74 bits per heavy atom. The zero-order valence-corrected chi connectivity index (χ0v) is 19.6. The summed E-state index contributed by atoms with van der Waals surface area (Å²) in [6.07, 6.45) is -4.99. The minimum Gasteiger partial charge on any atom is -0.319 e. The number of thiophene rings is 1. The van der Waals surface area contributed by atoms with Crippen LogP contribution in [0.2, 0.25) is 0 Å².